The molecular weight excluding hydrogens is 304 g/mol. The number of sulfonamides is 1. The van der Waals surface area contributed by atoms with Gasteiger partial charge in [0, 0.05) is 24.0 Å². The van der Waals surface area contributed by atoms with Gasteiger partial charge in [-0.05, 0) is 39.1 Å². The molecule has 0 saturated carbocycles. The zero-order valence-corrected chi connectivity index (χ0v) is 13.6. The molecule has 2 heterocycles. The molecule has 0 bridgehead atoms. The number of nitrogens with zero attached hydrogens (tertiary/aromatic N) is 2. The maximum Gasteiger partial charge on any atom is 0.252 e. The summed E-state index contributed by atoms with van der Waals surface area (Å²) in [5.74, 6) is 0.364. The molecule has 0 amide bonds. The Hall–Kier alpha value is -0.140. The minimum absolute atomic E-state index is 0.364. The van der Waals surface area contributed by atoms with E-state index in [0.717, 1.165) is 17.7 Å². The maximum atomic E-state index is 12.5. The number of piperidine rings is 1. The molecule has 4 nitrogen and oxygen atoms in total. The Morgan fingerprint density at radius 3 is 2.47 bits per heavy atom. The van der Waals surface area contributed by atoms with Crippen LogP contribution in [-0.2, 0) is 15.9 Å². The first-order valence-electron chi connectivity index (χ1n) is 6.26. The second kappa shape index (κ2) is 6.10. The number of thiophene rings is 1. The summed E-state index contributed by atoms with van der Waals surface area (Å²) >= 11 is 7.00. The third-order valence-corrected chi connectivity index (χ3v) is 7.41. The molecule has 1 aromatic heterocycles. The lowest BCUT2D eigenvalue weighted by Crippen LogP contribution is -2.44. The lowest BCUT2D eigenvalue weighted by molar-refractivity contribution is 0.197. The van der Waals surface area contributed by atoms with Gasteiger partial charge in [0.2, 0.25) is 0 Å². The number of halogens is 1. The Kier molecular flexibility index (Phi) is 4.89. The third-order valence-electron chi connectivity index (χ3n) is 3.52. The van der Waals surface area contributed by atoms with E-state index < -0.39 is 10.0 Å². The second-order valence-electron chi connectivity index (χ2n) is 4.95. The van der Waals surface area contributed by atoms with Crippen LogP contribution in [0.5, 0.6) is 0 Å². The molecule has 0 unspecified atom stereocenters. The SMILES string of the molecule is CN(C)C1CCN(S(=O)(=O)c2ccc(CCl)s2)CC1. The van der Waals surface area contributed by atoms with E-state index in [1.165, 1.54) is 11.3 Å². The molecule has 1 aliphatic rings. The van der Waals surface area contributed by atoms with E-state index in [0.29, 0.717) is 29.2 Å². The summed E-state index contributed by atoms with van der Waals surface area (Å²) in [6.07, 6.45) is 1.78. The fraction of sp³-hybridized carbons (Fsp3) is 0.667. The van der Waals surface area contributed by atoms with Gasteiger partial charge in [-0.2, -0.15) is 4.31 Å². The van der Waals surface area contributed by atoms with Crippen LogP contribution in [0, 0.1) is 0 Å². The van der Waals surface area contributed by atoms with Crippen molar-refractivity contribution in [3.8, 4) is 0 Å². The van der Waals surface area contributed by atoms with Crippen molar-refractivity contribution in [1.82, 2.24) is 9.21 Å². The highest BCUT2D eigenvalue weighted by Gasteiger charge is 2.30. The van der Waals surface area contributed by atoms with Gasteiger partial charge in [0.15, 0.2) is 0 Å². The molecule has 0 atom stereocenters. The van der Waals surface area contributed by atoms with E-state index in [4.69, 9.17) is 11.6 Å². The summed E-state index contributed by atoms with van der Waals surface area (Å²) in [5, 5.41) is 0. The summed E-state index contributed by atoms with van der Waals surface area (Å²) in [6, 6.07) is 3.93. The lowest BCUT2D eigenvalue weighted by atomic mass is 10.1. The molecule has 0 N–H and O–H groups in total. The molecule has 0 aliphatic carbocycles. The summed E-state index contributed by atoms with van der Waals surface area (Å²) in [6.45, 7) is 1.19. The van der Waals surface area contributed by atoms with Crippen LogP contribution in [0.1, 0.15) is 17.7 Å². The van der Waals surface area contributed by atoms with Crippen molar-refractivity contribution in [1.29, 1.82) is 0 Å². The summed E-state index contributed by atoms with van der Waals surface area (Å²) < 4.78 is 26.9. The monoisotopic (exact) mass is 322 g/mol. The first-order valence-corrected chi connectivity index (χ1v) is 9.05. The average molecular weight is 323 g/mol. The zero-order chi connectivity index (χ0) is 14.0. The summed E-state index contributed by atoms with van der Waals surface area (Å²) in [5.41, 5.74) is 0. The molecule has 1 fully saturated rings. The van der Waals surface area contributed by atoms with Crippen molar-refractivity contribution >= 4 is 33.0 Å². The summed E-state index contributed by atoms with van der Waals surface area (Å²) in [4.78, 5) is 3.06. The van der Waals surface area contributed by atoms with E-state index in [2.05, 4.69) is 4.90 Å². The van der Waals surface area contributed by atoms with Gasteiger partial charge in [-0.3, -0.25) is 0 Å². The molecule has 2 rings (SSSR count). The van der Waals surface area contributed by atoms with Crippen molar-refractivity contribution in [2.75, 3.05) is 27.2 Å². The highest BCUT2D eigenvalue weighted by Crippen LogP contribution is 2.28. The van der Waals surface area contributed by atoms with Gasteiger partial charge in [0.05, 0.1) is 5.88 Å². The number of hydrogen-bond donors (Lipinski definition) is 0. The van der Waals surface area contributed by atoms with Crippen molar-refractivity contribution < 1.29 is 8.42 Å². The molecule has 0 spiro atoms. The average Bonchev–Trinajstić information content (AvgIpc) is 2.88. The molecular formula is C12H19ClN2O2S2. The van der Waals surface area contributed by atoms with Gasteiger partial charge >= 0.3 is 0 Å². The quantitative estimate of drug-likeness (QED) is 0.798. The highest BCUT2D eigenvalue weighted by molar-refractivity contribution is 7.91. The van der Waals surface area contributed by atoms with Crippen molar-refractivity contribution in [3.63, 3.8) is 0 Å². The third kappa shape index (κ3) is 3.31. The highest BCUT2D eigenvalue weighted by atomic mass is 35.5. The standard InChI is InChI=1S/C12H19ClN2O2S2/c1-14(2)10-5-7-15(8-6-10)19(16,17)12-4-3-11(9-13)18-12/h3-4,10H,5-9H2,1-2H3. The van der Waals surface area contributed by atoms with Crippen molar-refractivity contribution in [2.45, 2.75) is 29.0 Å². The predicted octanol–water partition coefficient (Wildman–Crippen LogP) is 2.20. The van der Waals surface area contributed by atoms with E-state index in [1.54, 1.807) is 16.4 Å². The molecule has 19 heavy (non-hydrogen) atoms. The fourth-order valence-electron chi connectivity index (χ4n) is 2.29. The lowest BCUT2D eigenvalue weighted by Gasteiger charge is -2.34. The largest absolute Gasteiger partial charge is 0.306 e. The fourth-order valence-corrected chi connectivity index (χ4v) is 5.38. The van der Waals surface area contributed by atoms with E-state index >= 15 is 0 Å². The van der Waals surface area contributed by atoms with Gasteiger partial charge < -0.3 is 4.90 Å². The van der Waals surface area contributed by atoms with Crippen LogP contribution >= 0.6 is 22.9 Å². The van der Waals surface area contributed by atoms with Gasteiger partial charge in [-0.1, -0.05) is 0 Å². The van der Waals surface area contributed by atoms with Crippen LogP contribution < -0.4 is 0 Å². The second-order valence-corrected chi connectivity index (χ2v) is 8.55. The van der Waals surface area contributed by atoms with Gasteiger partial charge in [-0.25, -0.2) is 8.42 Å². The number of hydrogen-bond acceptors (Lipinski definition) is 4. The number of alkyl halides is 1. The van der Waals surface area contributed by atoms with Crippen LogP contribution in [0.2, 0.25) is 0 Å². The molecule has 1 aliphatic heterocycles. The molecule has 0 aromatic carbocycles. The van der Waals surface area contributed by atoms with Crippen LogP contribution in [0.15, 0.2) is 16.3 Å². The smallest absolute Gasteiger partial charge is 0.252 e. The van der Waals surface area contributed by atoms with Crippen LogP contribution in [0.25, 0.3) is 0 Å². The van der Waals surface area contributed by atoms with Crippen molar-refractivity contribution in [3.05, 3.63) is 17.0 Å². The molecule has 1 saturated heterocycles. The molecule has 7 heteroatoms. The topological polar surface area (TPSA) is 40.6 Å². The normalized spacial score (nSPS) is 19.2. The van der Waals surface area contributed by atoms with Gasteiger partial charge in [0.25, 0.3) is 10.0 Å². The first kappa shape index (κ1) is 15.3. The van der Waals surface area contributed by atoms with Gasteiger partial charge in [-0.15, -0.1) is 22.9 Å². The molecule has 0 radical (unpaired) electrons. The molecule has 108 valence electrons. The van der Waals surface area contributed by atoms with Crippen LogP contribution in [-0.4, -0.2) is 50.8 Å². The Morgan fingerprint density at radius 1 is 1.37 bits per heavy atom. The first-order chi connectivity index (χ1) is 8.95. The van der Waals surface area contributed by atoms with Gasteiger partial charge in [0.1, 0.15) is 4.21 Å². The minimum Gasteiger partial charge on any atom is -0.306 e. The van der Waals surface area contributed by atoms with E-state index in [1.807, 2.05) is 14.1 Å². The maximum absolute atomic E-state index is 12.5. The minimum atomic E-state index is -3.33. The van der Waals surface area contributed by atoms with Crippen LogP contribution in [0.4, 0.5) is 0 Å². The van der Waals surface area contributed by atoms with Crippen LogP contribution in [0.3, 0.4) is 0 Å². The number of rotatable bonds is 4. The Labute approximate surface area is 124 Å². The summed E-state index contributed by atoms with van der Waals surface area (Å²) in [7, 11) is 0.759. The van der Waals surface area contributed by atoms with Crippen molar-refractivity contribution in [2.24, 2.45) is 0 Å². The Bertz CT molecular complexity index is 520. The predicted molar refractivity (Wildman–Crippen MR) is 79.3 cm³/mol. The Morgan fingerprint density at radius 2 is 2.00 bits per heavy atom. The zero-order valence-electron chi connectivity index (χ0n) is 11.2. The van der Waals surface area contributed by atoms with E-state index in [9.17, 15) is 8.42 Å². The molecule has 1 aromatic rings. The Balaban J connectivity index is 2.09. The van der Waals surface area contributed by atoms with E-state index in [-0.39, 0.29) is 0 Å².